The van der Waals surface area contributed by atoms with Gasteiger partial charge < -0.3 is 19.9 Å². The Kier molecular flexibility index (Phi) is 11.0. The van der Waals surface area contributed by atoms with E-state index < -0.39 is 10.0 Å². The van der Waals surface area contributed by atoms with Crippen molar-refractivity contribution in [3.05, 3.63) is 66.6 Å². The van der Waals surface area contributed by atoms with Crippen molar-refractivity contribution in [2.45, 2.75) is 38.0 Å². The van der Waals surface area contributed by atoms with Crippen LogP contribution in [0.1, 0.15) is 35.3 Å². The molecular weight excluding hydrogens is 506 g/mol. The maximum atomic E-state index is 13.1. The Morgan fingerprint density at radius 2 is 2.11 bits per heavy atom. The Morgan fingerprint density at radius 3 is 2.82 bits per heavy atom. The van der Waals surface area contributed by atoms with Gasteiger partial charge in [0, 0.05) is 57.3 Å². The minimum atomic E-state index is -3.48. The summed E-state index contributed by atoms with van der Waals surface area (Å²) in [5.41, 5.74) is 1.23. The number of nitrogens with zero attached hydrogens (tertiary/aromatic N) is 5. The summed E-state index contributed by atoms with van der Waals surface area (Å²) >= 11 is 0. The van der Waals surface area contributed by atoms with Crippen molar-refractivity contribution in [3.63, 3.8) is 0 Å². The lowest BCUT2D eigenvalue weighted by Crippen LogP contribution is -2.47. The molecule has 12 heteroatoms. The summed E-state index contributed by atoms with van der Waals surface area (Å²) in [6.45, 7) is 16.0. The number of piperidine rings is 1. The van der Waals surface area contributed by atoms with Crippen molar-refractivity contribution in [1.29, 1.82) is 0 Å². The van der Waals surface area contributed by atoms with Gasteiger partial charge in [0.25, 0.3) is 5.91 Å². The standard InChI is InChI=1S/C26H39N7O4S/c1-5-8-25(31(4)20-28-21(3)33-13-15-37-16-14-33)29-26(34)24-17-22(10-11-27-24)18-32-12-7-9-23(19-32)30-38(35,36)6-2/h5-6,10-11,17,20,23,25,30H,1-3,7-9,12-16,18-19H2,4H3,(H,29,34)/b28-20-/t23-,25?/m1/s1. The molecule has 0 spiro atoms. The Balaban J connectivity index is 1.59. The van der Waals surface area contributed by atoms with Crippen molar-refractivity contribution in [2.24, 2.45) is 4.99 Å². The maximum absolute atomic E-state index is 13.1. The number of carbonyl (C=O) groups excluding carboxylic acids is 1. The van der Waals surface area contributed by atoms with E-state index in [1.54, 1.807) is 24.7 Å². The summed E-state index contributed by atoms with van der Waals surface area (Å²) in [6, 6.07) is 3.46. The molecule has 0 radical (unpaired) electrons. The van der Waals surface area contributed by atoms with Crippen LogP contribution in [0.25, 0.3) is 0 Å². The summed E-state index contributed by atoms with van der Waals surface area (Å²) in [5, 5.41) is 3.94. The number of likely N-dealkylation sites (tertiary alicyclic amines) is 1. The molecule has 1 aromatic heterocycles. The van der Waals surface area contributed by atoms with Gasteiger partial charge in [-0.25, -0.2) is 18.1 Å². The van der Waals surface area contributed by atoms with Gasteiger partial charge in [0.1, 0.15) is 17.7 Å². The van der Waals surface area contributed by atoms with Crippen LogP contribution >= 0.6 is 0 Å². The molecule has 3 heterocycles. The molecule has 2 aliphatic rings. The van der Waals surface area contributed by atoms with Crippen molar-refractivity contribution in [2.75, 3.05) is 46.4 Å². The molecule has 2 saturated heterocycles. The fourth-order valence-corrected chi connectivity index (χ4v) is 5.14. The van der Waals surface area contributed by atoms with Gasteiger partial charge >= 0.3 is 0 Å². The second-order valence-electron chi connectivity index (χ2n) is 9.39. The lowest BCUT2D eigenvalue weighted by Gasteiger charge is -2.32. The molecule has 11 nitrogen and oxygen atoms in total. The van der Waals surface area contributed by atoms with Gasteiger partial charge in [-0.15, -0.1) is 6.58 Å². The lowest BCUT2D eigenvalue weighted by atomic mass is 10.1. The van der Waals surface area contributed by atoms with E-state index in [2.05, 4.69) is 49.6 Å². The van der Waals surface area contributed by atoms with Crippen LogP contribution in [-0.4, -0.2) is 99.0 Å². The SMILES string of the molecule is C=CCC(NC(=O)c1cc(CN2CCC[C@@H](NS(=O)(=O)C=C)C2)ccn1)N(C)/C=N\C(=C)N1CCOCC1. The molecule has 0 saturated carbocycles. The quantitative estimate of drug-likeness (QED) is 0.166. The average Bonchev–Trinajstić information content (AvgIpc) is 2.92. The highest BCUT2D eigenvalue weighted by Gasteiger charge is 2.23. The Labute approximate surface area is 226 Å². The van der Waals surface area contributed by atoms with E-state index in [4.69, 9.17) is 4.74 Å². The molecule has 2 fully saturated rings. The summed E-state index contributed by atoms with van der Waals surface area (Å²) in [4.78, 5) is 27.9. The van der Waals surface area contributed by atoms with Gasteiger partial charge in [-0.1, -0.05) is 19.2 Å². The summed E-state index contributed by atoms with van der Waals surface area (Å²) in [5.74, 6) is 0.344. The van der Waals surface area contributed by atoms with Crippen LogP contribution in [0.2, 0.25) is 0 Å². The van der Waals surface area contributed by atoms with Crippen LogP contribution in [0.3, 0.4) is 0 Å². The topological polar surface area (TPSA) is 119 Å². The second kappa shape index (κ2) is 14.2. The van der Waals surface area contributed by atoms with E-state index in [1.807, 2.05) is 18.0 Å². The van der Waals surface area contributed by atoms with Crippen molar-refractivity contribution < 1.29 is 17.9 Å². The number of pyridine rings is 1. The number of morpholine rings is 1. The van der Waals surface area contributed by atoms with E-state index in [-0.39, 0.29) is 18.1 Å². The van der Waals surface area contributed by atoms with E-state index in [0.717, 1.165) is 43.4 Å². The first-order valence-electron chi connectivity index (χ1n) is 12.7. The maximum Gasteiger partial charge on any atom is 0.271 e. The van der Waals surface area contributed by atoms with Gasteiger partial charge in [0.15, 0.2) is 0 Å². The summed E-state index contributed by atoms with van der Waals surface area (Å²) in [7, 11) is -1.64. The van der Waals surface area contributed by atoms with Crippen molar-refractivity contribution in [1.82, 2.24) is 29.7 Å². The van der Waals surface area contributed by atoms with Gasteiger partial charge in [-0.05, 0) is 37.1 Å². The van der Waals surface area contributed by atoms with E-state index >= 15 is 0 Å². The molecule has 1 unspecified atom stereocenters. The number of rotatable bonds is 13. The second-order valence-corrected chi connectivity index (χ2v) is 11.1. The zero-order valence-corrected chi connectivity index (χ0v) is 22.9. The third-order valence-corrected chi connectivity index (χ3v) is 7.56. The average molecular weight is 546 g/mol. The number of hydrogen-bond donors (Lipinski definition) is 2. The fraction of sp³-hybridized carbons (Fsp3) is 0.500. The first-order chi connectivity index (χ1) is 18.2. The van der Waals surface area contributed by atoms with Crippen LogP contribution < -0.4 is 10.0 Å². The fourth-order valence-electron chi connectivity index (χ4n) is 4.38. The minimum Gasteiger partial charge on any atom is -0.378 e. The molecule has 38 heavy (non-hydrogen) atoms. The predicted octanol–water partition coefficient (Wildman–Crippen LogP) is 1.50. The third kappa shape index (κ3) is 9.05. The molecule has 0 bridgehead atoms. The molecule has 2 N–H and O–H groups in total. The van der Waals surface area contributed by atoms with Gasteiger partial charge in [0.05, 0.1) is 19.6 Å². The Hall–Kier alpha value is -3.06. The van der Waals surface area contributed by atoms with Crippen LogP contribution in [-0.2, 0) is 21.3 Å². The van der Waals surface area contributed by atoms with E-state index in [0.29, 0.717) is 44.2 Å². The van der Waals surface area contributed by atoms with Crippen molar-refractivity contribution in [3.8, 4) is 0 Å². The van der Waals surface area contributed by atoms with Crippen LogP contribution in [0.4, 0.5) is 0 Å². The van der Waals surface area contributed by atoms with Crippen LogP contribution in [0, 0.1) is 0 Å². The molecular formula is C26H39N7O4S. The summed E-state index contributed by atoms with van der Waals surface area (Å²) < 4.78 is 31.7. The molecule has 1 aromatic rings. The first-order valence-corrected chi connectivity index (χ1v) is 14.3. The Bertz CT molecular complexity index is 1120. The zero-order valence-electron chi connectivity index (χ0n) is 22.1. The number of carbonyl (C=O) groups is 1. The number of amides is 1. The molecule has 2 aliphatic heterocycles. The van der Waals surface area contributed by atoms with E-state index in [9.17, 15) is 13.2 Å². The number of ether oxygens (including phenoxy) is 1. The van der Waals surface area contributed by atoms with Crippen molar-refractivity contribution >= 4 is 22.3 Å². The normalized spacial score (nSPS) is 19.6. The highest BCUT2D eigenvalue weighted by Crippen LogP contribution is 2.15. The Morgan fingerprint density at radius 1 is 1.34 bits per heavy atom. The molecule has 1 amide bonds. The molecule has 2 atom stereocenters. The number of nitrogens with one attached hydrogen (secondary N) is 2. The third-order valence-electron chi connectivity index (χ3n) is 6.46. The van der Waals surface area contributed by atoms with E-state index in [1.165, 1.54) is 0 Å². The summed E-state index contributed by atoms with van der Waals surface area (Å²) in [6.07, 6.45) is 6.80. The van der Waals surface area contributed by atoms with Gasteiger partial charge in [-0.2, -0.15) is 0 Å². The number of hydrogen-bond acceptors (Lipinski definition) is 8. The molecule has 3 rings (SSSR count). The highest BCUT2D eigenvalue weighted by molar-refractivity contribution is 7.92. The first kappa shape index (κ1) is 29.5. The lowest BCUT2D eigenvalue weighted by molar-refractivity contribution is 0.0533. The molecule has 0 aromatic carbocycles. The predicted molar refractivity (Wildman–Crippen MR) is 149 cm³/mol. The number of sulfonamides is 1. The molecule has 0 aliphatic carbocycles. The number of aliphatic imine (C=N–C) groups is 1. The number of aromatic nitrogens is 1. The monoisotopic (exact) mass is 545 g/mol. The van der Waals surface area contributed by atoms with Gasteiger partial charge in [-0.3, -0.25) is 14.7 Å². The smallest absolute Gasteiger partial charge is 0.271 e. The molecule has 208 valence electrons. The zero-order chi connectivity index (χ0) is 27.5. The highest BCUT2D eigenvalue weighted by atomic mass is 32.2. The van der Waals surface area contributed by atoms with Crippen LogP contribution in [0.15, 0.2) is 60.4 Å². The largest absolute Gasteiger partial charge is 0.378 e. The van der Waals surface area contributed by atoms with Crippen LogP contribution in [0.5, 0.6) is 0 Å². The van der Waals surface area contributed by atoms with Gasteiger partial charge in [0.2, 0.25) is 10.0 Å². The minimum absolute atomic E-state index is 0.174.